The Morgan fingerprint density at radius 3 is 2.42 bits per heavy atom. The predicted octanol–water partition coefficient (Wildman–Crippen LogP) is 4.92. The molecule has 0 saturated carbocycles. The van der Waals surface area contributed by atoms with Gasteiger partial charge in [-0.1, -0.05) is 48.6 Å². The summed E-state index contributed by atoms with van der Waals surface area (Å²) in [4.78, 5) is 11.2. The van der Waals surface area contributed by atoms with E-state index in [0.29, 0.717) is 19.6 Å². The first-order chi connectivity index (χ1) is 15.0. The van der Waals surface area contributed by atoms with Crippen molar-refractivity contribution in [2.24, 2.45) is 0 Å². The van der Waals surface area contributed by atoms with Gasteiger partial charge in [-0.3, -0.25) is 0 Å². The molecule has 0 aliphatic rings. The van der Waals surface area contributed by atoms with Gasteiger partial charge in [0.15, 0.2) is 6.10 Å². The van der Waals surface area contributed by atoms with Crippen molar-refractivity contribution in [2.45, 2.75) is 32.9 Å². The number of hydrogen-bond donors (Lipinski definition) is 1. The number of aryl methyl sites for hydroxylation is 1. The lowest BCUT2D eigenvalue weighted by Gasteiger charge is -2.14. The molecule has 3 aromatic rings. The smallest absolute Gasteiger partial charge is 0.333 e. The average molecular weight is 438 g/mol. The topological polar surface area (TPSA) is 60.7 Å². The van der Waals surface area contributed by atoms with E-state index in [1.54, 1.807) is 12.3 Å². The maximum atomic E-state index is 11.2. The van der Waals surface area contributed by atoms with E-state index in [1.807, 2.05) is 36.4 Å². The lowest BCUT2D eigenvalue weighted by atomic mass is 10.1. The van der Waals surface area contributed by atoms with Crippen molar-refractivity contribution in [2.75, 3.05) is 13.2 Å². The molecule has 5 nitrogen and oxygen atoms in total. The molecule has 0 aliphatic carbocycles. The summed E-state index contributed by atoms with van der Waals surface area (Å²) in [5, 5.41) is 10.9. The zero-order chi connectivity index (χ0) is 22.2. The molecular weight excluding hydrogens is 410 g/mol. The molecule has 1 aromatic heterocycles. The Morgan fingerprint density at radius 1 is 1.10 bits per heavy atom. The number of hydrogen-bond acceptors (Lipinski definition) is 4. The fourth-order valence-electron chi connectivity index (χ4n) is 3.46. The van der Waals surface area contributed by atoms with Gasteiger partial charge in [0.2, 0.25) is 0 Å². The molecule has 1 heterocycles. The van der Waals surface area contributed by atoms with E-state index < -0.39 is 12.1 Å². The summed E-state index contributed by atoms with van der Waals surface area (Å²) in [5.74, 6) is -0.194. The number of nitrogens with zero attached hydrogens (tertiary/aromatic N) is 1. The number of carbonyl (C=O) groups is 1. The number of rotatable bonds is 11. The summed E-state index contributed by atoms with van der Waals surface area (Å²) in [5.41, 5.74) is 5.37. The van der Waals surface area contributed by atoms with Crippen LogP contribution in [-0.2, 0) is 22.5 Å². The highest BCUT2D eigenvalue weighted by Crippen LogP contribution is 2.23. The standard InChI is InChI=1S/C25H27NO4S/c1-3-29-24(25(27)28)16-19-7-11-22(12-8-19)30-15-14-26-18(2)4-13-23(26)21-9-5-20(17-31)6-10-21/h4-13,17,24H,3,14-16H2,1-2H3,(H,27,28). The van der Waals surface area contributed by atoms with E-state index in [0.717, 1.165) is 34.7 Å². The Labute approximate surface area is 188 Å². The van der Waals surface area contributed by atoms with Crippen LogP contribution in [0.3, 0.4) is 0 Å². The van der Waals surface area contributed by atoms with Crippen LogP contribution in [0.15, 0.2) is 60.7 Å². The summed E-state index contributed by atoms with van der Waals surface area (Å²) in [6, 6.07) is 19.9. The summed E-state index contributed by atoms with van der Waals surface area (Å²) in [6.45, 7) is 5.49. The number of aliphatic carboxylic acids is 1. The Bertz CT molecular complexity index is 1010. The van der Waals surface area contributed by atoms with Gasteiger partial charge in [-0.2, -0.15) is 0 Å². The van der Waals surface area contributed by atoms with Crippen LogP contribution < -0.4 is 4.74 Å². The number of carboxylic acid groups (broad SMARTS) is 1. The minimum absolute atomic E-state index is 0.331. The van der Waals surface area contributed by atoms with Crippen molar-refractivity contribution in [3.8, 4) is 17.0 Å². The van der Waals surface area contributed by atoms with Crippen LogP contribution in [0, 0.1) is 6.92 Å². The van der Waals surface area contributed by atoms with Crippen LogP contribution in [-0.4, -0.2) is 40.3 Å². The second-order valence-electron chi connectivity index (χ2n) is 7.23. The van der Waals surface area contributed by atoms with Crippen molar-refractivity contribution >= 4 is 23.6 Å². The van der Waals surface area contributed by atoms with E-state index >= 15 is 0 Å². The molecule has 3 rings (SSSR count). The third-order valence-electron chi connectivity index (χ3n) is 5.11. The Kier molecular flexibility index (Phi) is 7.98. The van der Waals surface area contributed by atoms with Crippen LogP contribution in [0.5, 0.6) is 5.75 Å². The number of carboxylic acids is 1. The van der Waals surface area contributed by atoms with E-state index in [2.05, 4.69) is 35.8 Å². The van der Waals surface area contributed by atoms with Gasteiger partial charge in [0.25, 0.3) is 0 Å². The first kappa shape index (κ1) is 22.7. The van der Waals surface area contributed by atoms with Gasteiger partial charge >= 0.3 is 5.97 Å². The Hall–Kier alpha value is -2.96. The summed E-state index contributed by atoms with van der Waals surface area (Å²) in [7, 11) is 0. The molecule has 0 fully saturated rings. The van der Waals surface area contributed by atoms with Gasteiger partial charge in [-0.25, -0.2) is 4.79 Å². The van der Waals surface area contributed by atoms with Gasteiger partial charge in [0.05, 0.1) is 6.54 Å². The van der Waals surface area contributed by atoms with Crippen molar-refractivity contribution in [3.05, 3.63) is 77.5 Å². The number of benzene rings is 2. The monoisotopic (exact) mass is 437 g/mol. The Morgan fingerprint density at radius 2 is 1.81 bits per heavy atom. The number of thiocarbonyl (C=S) groups is 1. The molecule has 1 atom stereocenters. The zero-order valence-electron chi connectivity index (χ0n) is 17.8. The van der Waals surface area contributed by atoms with Crippen LogP contribution in [0.4, 0.5) is 0 Å². The van der Waals surface area contributed by atoms with Gasteiger partial charge < -0.3 is 19.1 Å². The van der Waals surface area contributed by atoms with Crippen molar-refractivity contribution in [3.63, 3.8) is 0 Å². The van der Waals surface area contributed by atoms with Crippen LogP contribution in [0.1, 0.15) is 23.7 Å². The van der Waals surface area contributed by atoms with E-state index in [-0.39, 0.29) is 0 Å². The SMILES string of the molecule is CCOC(Cc1ccc(OCCn2c(C)ccc2-c2ccc(C=S)cc2)cc1)C(=O)O. The van der Waals surface area contributed by atoms with Gasteiger partial charge in [-0.15, -0.1) is 0 Å². The lowest BCUT2D eigenvalue weighted by molar-refractivity contribution is -0.149. The molecular formula is C25H27NO4S. The summed E-state index contributed by atoms with van der Waals surface area (Å²) in [6.07, 6.45) is -0.498. The quantitative estimate of drug-likeness (QED) is 0.431. The predicted molar refractivity (Wildman–Crippen MR) is 126 cm³/mol. The van der Waals surface area contributed by atoms with Crippen LogP contribution in [0.25, 0.3) is 11.3 Å². The normalized spacial score (nSPS) is 11.8. The van der Waals surface area contributed by atoms with Crippen LogP contribution >= 0.6 is 12.2 Å². The molecule has 1 unspecified atom stereocenters. The van der Waals surface area contributed by atoms with Crippen molar-refractivity contribution < 1.29 is 19.4 Å². The zero-order valence-corrected chi connectivity index (χ0v) is 18.6. The third-order valence-corrected chi connectivity index (χ3v) is 5.39. The van der Waals surface area contributed by atoms with E-state index in [1.165, 1.54) is 5.69 Å². The highest BCUT2D eigenvalue weighted by Gasteiger charge is 2.17. The van der Waals surface area contributed by atoms with E-state index in [9.17, 15) is 9.90 Å². The molecule has 0 bridgehead atoms. The van der Waals surface area contributed by atoms with Gasteiger partial charge in [-0.05, 0) is 54.8 Å². The molecule has 2 aromatic carbocycles. The Balaban J connectivity index is 1.60. The molecule has 0 saturated heterocycles. The van der Waals surface area contributed by atoms with Crippen molar-refractivity contribution in [1.29, 1.82) is 0 Å². The molecule has 0 amide bonds. The maximum absolute atomic E-state index is 11.2. The fourth-order valence-corrected chi connectivity index (χ4v) is 3.62. The molecule has 6 heteroatoms. The largest absolute Gasteiger partial charge is 0.492 e. The maximum Gasteiger partial charge on any atom is 0.333 e. The molecule has 0 radical (unpaired) electrons. The fraction of sp³-hybridized carbons (Fsp3) is 0.280. The molecule has 0 aliphatic heterocycles. The second-order valence-corrected chi connectivity index (χ2v) is 7.47. The average Bonchev–Trinajstić information content (AvgIpc) is 3.15. The molecule has 1 N–H and O–H groups in total. The van der Waals surface area contributed by atoms with E-state index in [4.69, 9.17) is 21.7 Å². The van der Waals surface area contributed by atoms with Crippen molar-refractivity contribution in [1.82, 2.24) is 4.57 Å². The lowest BCUT2D eigenvalue weighted by Crippen LogP contribution is -2.26. The third kappa shape index (κ3) is 6.03. The highest BCUT2D eigenvalue weighted by atomic mass is 32.1. The van der Waals surface area contributed by atoms with Gasteiger partial charge in [0.1, 0.15) is 12.4 Å². The minimum Gasteiger partial charge on any atom is -0.492 e. The van der Waals surface area contributed by atoms with Crippen LogP contribution in [0.2, 0.25) is 0 Å². The summed E-state index contributed by atoms with van der Waals surface area (Å²) < 4.78 is 13.4. The highest BCUT2D eigenvalue weighted by molar-refractivity contribution is 7.79. The molecule has 31 heavy (non-hydrogen) atoms. The number of aromatic nitrogens is 1. The first-order valence-corrected chi connectivity index (χ1v) is 10.8. The number of ether oxygens (including phenoxy) is 2. The molecule has 162 valence electrons. The minimum atomic E-state index is -0.947. The summed E-state index contributed by atoms with van der Waals surface area (Å²) >= 11 is 4.98. The molecule has 0 spiro atoms. The first-order valence-electron chi connectivity index (χ1n) is 10.3. The second kappa shape index (κ2) is 10.9. The van der Waals surface area contributed by atoms with Gasteiger partial charge in [0, 0.05) is 29.8 Å².